The Balaban J connectivity index is 2.02. The molecule has 0 amide bonds. The van der Waals surface area contributed by atoms with E-state index in [1.807, 2.05) is 18.2 Å². The Hall–Kier alpha value is -1.68. The summed E-state index contributed by atoms with van der Waals surface area (Å²) in [6.07, 6.45) is 2.84. The maximum Gasteiger partial charge on any atom is 0.245 e. The molecular weight excluding hydrogens is 214 g/mol. The van der Waals surface area contributed by atoms with Crippen LogP contribution in [0.25, 0.3) is 11.6 Å². The molecule has 1 atom stereocenters. The number of fused-ring (bicyclic) bond motifs is 1. The Kier molecular flexibility index (Phi) is 2.65. The summed E-state index contributed by atoms with van der Waals surface area (Å²) in [6.45, 7) is 3.99. The highest BCUT2D eigenvalue weighted by Crippen LogP contribution is 2.29. The molecule has 0 saturated carbocycles. The summed E-state index contributed by atoms with van der Waals surface area (Å²) >= 11 is 0. The van der Waals surface area contributed by atoms with Crippen molar-refractivity contribution in [2.45, 2.75) is 25.8 Å². The summed E-state index contributed by atoms with van der Waals surface area (Å²) in [4.78, 5) is 8.80. The number of rotatable bonds is 1. The minimum Gasteiger partial charge on any atom is -0.439 e. The van der Waals surface area contributed by atoms with Crippen LogP contribution in [0.2, 0.25) is 0 Å². The average molecular weight is 229 g/mol. The molecular formula is C13H15N3O. The number of nitrogens with zero attached hydrogens (tertiary/aromatic N) is 2. The van der Waals surface area contributed by atoms with Gasteiger partial charge in [-0.3, -0.25) is 4.98 Å². The Bertz CT molecular complexity index is 507. The zero-order chi connectivity index (χ0) is 11.7. The number of hydrogen-bond acceptors (Lipinski definition) is 4. The molecule has 0 unspecified atom stereocenters. The maximum absolute atomic E-state index is 5.87. The monoisotopic (exact) mass is 229 g/mol. The first-order valence-corrected chi connectivity index (χ1v) is 5.96. The van der Waals surface area contributed by atoms with E-state index in [1.54, 1.807) is 6.20 Å². The van der Waals surface area contributed by atoms with Gasteiger partial charge in [0.25, 0.3) is 0 Å². The first-order chi connectivity index (χ1) is 8.34. The standard InChI is InChI=1S/C13H15N3O/c1-9-5-7-14-8-11-12(9)17-13(16-11)10-4-2-3-6-15-10/h2-4,6,9,14H,5,7-8H2,1H3/t9-/m0/s1. The van der Waals surface area contributed by atoms with Crippen LogP contribution in [0.4, 0.5) is 0 Å². The van der Waals surface area contributed by atoms with Crippen molar-refractivity contribution in [3.8, 4) is 11.6 Å². The van der Waals surface area contributed by atoms with Crippen LogP contribution in [0.3, 0.4) is 0 Å². The Morgan fingerprint density at radius 3 is 3.18 bits per heavy atom. The lowest BCUT2D eigenvalue weighted by Gasteiger charge is -2.03. The minimum absolute atomic E-state index is 0.421. The summed E-state index contributed by atoms with van der Waals surface area (Å²) in [5.41, 5.74) is 1.82. The summed E-state index contributed by atoms with van der Waals surface area (Å²) in [6, 6.07) is 5.75. The van der Waals surface area contributed by atoms with Gasteiger partial charge >= 0.3 is 0 Å². The first-order valence-electron chi connectivity index (χ1n) is 5.96. The number of oxazole rings is 1. The lowest BCUT2D eigenvalue weighted by molar-refractivity contribution is 0.470. The van der Waals surface area contributed by atoms with Crippen LogP contribution in [0.1, 0.15) is 30.7 Å². The van der Waals surface area contributed by atoms with Gasteiger partial charge in [-0.15, -0.1) is 0 Å². The van der Waals surface area contributed by atoms with Crippen molar-refractivity contribution in [1.82, 2.24) is 15.3 Å². The molecule has 2 aromatic rings. The molecule has 0 fully saturated rings. The second-order valence-corrected chi connectivity index (χ2v) is 4.41. The van der Waals surface area contributed by atoms with Crippen LogP contribution in [-0.4, -0.2) is 16.5 Å². The van der Waals surface area contributed by atoms with E-state index in [9.17, 15) is 0 Å². The van der Waals surface area contributed by atoms with Crippen molar-refractivity contribution in [3.63, 3.8) is 0 Å². The molecule has 4 nitrogen and oxygen atoms in total. The van der Waals surface area contributed by atoms with Gasteiger partial charge in [-0.2, -0.15) is 0 Å². The highest BCUT2D eigenvalue weighted by molar-refractivity contribution is 5.47. The molecule has 0 saturated heterocycles. The van der Waals surface area contributed by atoms with Gasteiger partial charge in [-0.1, -0.05) is 13.0 Å². The van der Waals surface area contributed by atoms with E-state index in [2.05, 4.69) is 22.2 Å². The zero-order valence-electron chi connectivity index (χ0n) is 9.81. The van der Waals surface area contributed by atoms with E-state index < -0.39 is 0 Å². The maximum atomic E-state index is 5.87. The summed E-state index contributed by atoms with van der Waals surface area (Å²) in [5, 5.41) is 3.36. The topological polar surface area (TPSA) is 51.0 Å². The van der Waals surface area contributed by atoms with Gasteiger partial charge in [0, 0.05) is 18.7 Å². The van der Waals surface area contributed by atoms with E-state index in [4.69, 9.17) is 4.42 Å². The van der Waals surface area contributed by atoms with Crippen LogP contribution in [0, 0.1) is 0 Å². The van der Waals surface area contributed by atoms with E-state index >= 15 is 0 Å². The SMILES string of the molecule is C[C@H]1CCNCc2nc(-c3ccccn3)oc21. The molecule has 0 spiro atoms. The van der Waals surface area contributed by atoms with Crippen molar-refractivity contribution in [3.05, 3.63) is 35.9 Å². The van der Waals surface area contributed by atoms with Gasteiger partial charge in [0.1, 0.15) is 11.5 Å². The van der Waals surface area contributed by atoms with E-state index in [0.29, 0.717) is 11.8 Å². The number of pyridine rings is 1. The molecule has 1 aliphatic rings. The predicted molar refractivity (Wildman–Crippen MR) is 64.5 cm³/mol. The van der Waals surface area contributed by atoms with E-state index in [0.717, 1.165) is 36.7 Å². The molecule has 0 aliphatic carbocycles. The molecule has 2 aromatic heterocycles. The molecule has 0 radical (unpaired) electrons. The van der Waals surface area contributed by atoms with Crippen LogP contribution >= 0.6 is 0 Å². The van der Waals surface area contributed by atoms with Gasteiger partial charge in [0.2, 0.25) is 5.89 Å². The van der Waals surface area contributed by atoms with Gasteiger partial charge in [0.05, 0.1) is 5.69 Å². The van der Waals surface area contributed by atoms with Crippen molar-refractivity contribution >= 4 is 0 Å². The number of hydrogen-bond donors (Lipinski definition) is 1. The lowest BCUT2D eigenvalue weighted by atomic mass is 10.1. The van der Waals surface area contributed by atoms with E-state index in [1.165, 1.54) is 0 Å². The van der Waals surface area contributed by atoms with Crippen LogP contribution in [-0.2, 0) is 6.54 Å². The van der Waals surface area contributed by atoms with Crippen LogP contribution < -0.4 is 5.32 Å². The average Bonchev–Trinajstić information content (AvgIpc) is 2.72. The lowest BCUT2D eigenvalue weighted by Crippen LogP contribution is -2.12. The second-order valence-electron chi connectivity index (χ2n) is 4.41. The summed E-state index contributed by atoms with van der Waals surface area (Å²) in [7, 11) is 0. The fourth-order valence-corrected chi connectivity index (χ4v) is 2.13. The molecule has 1 aliphatic heterocycles. The highest BCUT2D eigenvalue weighted by Gasteiger charge is 2.22. The Morgan fingerprint density at radius 1 is 1.41 bits per heavy atom. The van der Waals surface area contributed by atoms with Crippen molar-refractivity contribution < 1.29 is 4.42 Å². The fourth-order valence-electron chi connectivity index (χ4n) is 2.13. The van der Waals surface area contributed by atoms with Crippen molar-refractivity contribution in [1.29, 1.82) is 0 Å². The van der Waals surface area contributed by atoms with Crippen LogP contribution in [0.5, 0.6) is 0 Å². The number of aromatic nitrogens is 2. The normalized spacial score (nSPS) is 19.7. The highest BCUT2D eigenvalue weighted by atomic mass is 16.4. The van der Waals surface area contributed by atoms with Crippen LogP contribution in [0.15, 0.2) is 28.8 Å². The third-order valence-corrected chi connectivity index (χ3v) is 3.11. The van der Waals surface area contributed by atoms with Crippen molar-refractivity contribution in [2.75, 3.05) is 6.54 Å². The first kappa shape index (κ1) is 10.5. The molecule has 1 N–H and O–H groups in total. The molecule has 88 valence electrons. The number of nitrogens with one attached hydrogen (secondary N) is 1. The van der Waals surface area contributed by atoms with Crippen molar-refractivity contribution in [2.24, 2.45) is 0 Å². The van der Waals surface area contributed by atoms with Gasteiger partial charge < -0.3 is 9.73 Å². The van der Waals surface area contributed by atoms with Gasteiger partial charge in [-0.05, 0) is 25.1 Å². The fraction of sp³-hybridized carbons (Fsp3) is 0.385. The Morgan fingerprint density at radius 2 is 2.35 bits per heavy atom. The largest absolute Gasteiger partial charge is 0.439 e. The Labute approximate surface area is 100 Å². The molecule has 3 rings (SSSR count). The molecule has 3 heterocycles. The quantitative estimate of drug-likeness (QED) is 0.815. The summed E-state index contributed by atoms with van der Waals surface area (Å²) in [5.74, 6) is 2.06. The third kappa shape index (κ3) is 1.96. The van der Waals surface area contributed by atoms with Gasteiger partial charge in [0.15, 0.2) is 0 Å². The zero-order valence-corrected chi connectivity index (χ0v) is 9.81. The second kappa shape index (κ2) is 4.30. The van der Waals surface area contributed by atoms with Gasteiger partial charge in [-0.25, -0.2) is 4.98 Å². The molecule has 4 heteroatoms. The summed E-state index contributed by atoms with van der Waals surface area (Å²) < 4.78 is 5.87. The smallest absolute Gasteiger partial charge is 0.245 e. The third-order valence-electron chi connectivity index (χ3n) is 3.11. The van der Waals surface area contributed by atoms with E-state index in [-0.39, 0.29) is 0 Å². The molecule has 0 aromatic carbocycles. The molecule has 0 bridgehead atoms. The predicted octanol–water partition coefficient (Wildman–Crippen LogP) is 2.33. The minimum atomic E-state index is 0.421. The molecule has 17 heavy (non-hydrogen) atoms.